The molecule has 2 aliphatic carbocycles. The monoisotopic (exact) mass is 255 g/mol. The summed E-state index contributed by atoms with van der Waals surface area (Å²) < 4.78 is 0. The summed E-state index contributed by atoms with van der Waals surface area (Å²) in [5.41, 5.74) is 0.941. The van der Waals surface area contributed by atoms with Crippen LogP contribution in [-0.4, -0.2) is 29.3 Å². The molecule has 0 saturated heterocycles. The fraction of sp³-hybridized carbons (Fsp3) is 0.471. The van der Waals surface area contributed by atoms with Gasteiger partial charge in [0.25, 0.3) is 0 Å². The highest BCUT2D eigenvalue weighted by Crippen LogP contribution is 2.55. The molecule has 2 nitrogen and oxygen atoms in total. The van der Waals surface area contributed by atoms with Gasteiger partial charge in [0.15, 0.2) is 5.78 Å². The van der Waals surface area contributed by atoms with E-state index in [9.17, 15) is 4.79 Å². The Bertz CT molecular complexity index is 503. The first-order chi connectivity index (χ1) is 9.25. The van der Waals surface area contributed by atoms with Gasteiger partial charge in [-0.2, -0.15) is 0 Å². The van der Waals surface area contributed by atoms with Crippen LogP contribution < -0.4 is 0 Å². The lowest BCUT2D eigenvalue weighted by Crippen LogP contribution is -2.68. The number of hydrogen-bond donors (Lipinski definition) is 0. The van der Waals surface area contributed by atoms with Crippen LogP contribution in [0.1, 0.15) is 31.7 Å². The Balaban J connectivity index is 1.94. The first-order valence-electron chi connectivity index (χ1n) is 7.26. The van der Waals surface area contributed by atoms with Crippen molar-refractivity contribution in [2.24, 2.45) is 5.92 Å². The van der Waals surface area contributed by atoms with Gasteiger partial charge in [0.1, 0.15) is 0 Å². The van der Waals surface area contributed by atoms with E-state index in [0.717, 1.165) is 19.5 Å². The molecule has 1 fully saturated rings. The first-order valence-corrected chi connectivity index (χ1v) is 7.26. The van der Waals surface area contributed by atoms with Crippen molar-refractivity contribution in [1.29, 1.82) is 0 Å². The predicted octanol–water partition coefficient (Wildman–Crippen LogP) is 3.01. The molecule has 0 heterocycles. The topological polar surface area (TPSA) is 20.3 Å². The van der Waals surface area contributed by atoms with E-state index in [1.165, 1.54) is 5.56 Å². The molecule has 0 aliphatic heterocycles. The van der Waals surface area contributed by atoms with Crippen LogP contribution in [0.15, 0.2) is 42.5 Å². The van der Waals surface area contributed by atoms with Gasteiger partial charge in [-0.05, 0) is 25.1 Å². The second kappa shape index (κ2) is 4.61. The third-order valence-corrected chi connectivity index (χ3v) is 4.88. The fourth-order valence-corrected chi connectivity index (χ4v) is 3.98. The maximum Gasteiger partial charge on any atom is 0.162 e. The van der Waals surface area contributed by atoms with Gasteiger partial charge in [-0.15, -0.1) is 0 Å². The highest BCUT2D eigenvalue weighted by atomic mass is 16.1. The van der Waals surface area contributed by atoms with E-state index in [1.54, 1.807) is 0 Å². The Morgan fingerprint density at radius 3 is 2.53 bits per heavy atom. The molecule has 0 unspecified atom stereocenters. The van der Waals surface area contributed by atoms with Crippen molar-refractivity contribution in [1.82, 2.24) is 4.90 Å². The van der Waals surface area contributed by atoms with Crippen LogP contribution in [0.3, 0.4) is 0 Å². The molecule has 19 heavy (non-hydrogen) atoms. The molecule has 3 rings (SSSR count). The zero-order valence-corrected chi connectivity index (χ0v) is 11.7. The van der Waals surface area contributed by atoms with E-state index < -0.39 is 0 Å². The molecule has 0 radical (unpaired) electrons. The summed E-state index contributed by atoms with van der Waals surface area (Å²) in [5.74, 6) is 0.847. The Morgan fingerprint density at radius 2 is 1.89 bits per heavy atom. The van der Waals surface area contributed by atoms with E-state index in [4.69, 9.17) is 0 Å². The van der Waals surface area contributed by atoms with E-state index >= 15 is 0 Å². The van der Waals surface area contributed by atoms with Crippen molar-refractivity contribution in [2.75, 3.05) is 13.1 Å². The molecule has 1 saturated carbocycles. The number of rotatable bonds is 4. The van der Waals surface area contributed by atoms with Crippen molar-refractivity contribution < 1.29 is 4.79 Å². The Hall–Kier alpha value is -1.41. The number of benzene rings is 1. The highest BCUT2D eigenvalue weighted by Gasteiger charge is 2.64. The molecule has 0 spiro atoms. The largest absolute Gasteiger partial charge is 0.297 e. The minimum absolute atomic E-state index is 0.0700. The molecule has 1 aromatic carbocycles. The number of fused-ring (bicyclic) bond motifs is 1. The zero-order valence-electron chi connectivity index (χ0n) is 11.7. The standard InChI is InChI=1S/C17H21NO/c1-3-18(4-2)17-12-8-11-14(17)15(16(17)19)13-9-6-5-7-10-13/h5-11,14-15H,3-4,12H2,1-2H3/t14-,15+,17+/m0/s1. The minimum atomic E-state index is -0.232. The molecule has 3 atom stereocenters. The van der Waals surface area contributed by atoms with Gasteiger partial charge < -0.3 is 0 Å². The van der Waals surface area contributed by atoms with Gasteiger partial charge in [0, 0.05) is 5.92 Å². The molecule has 2 heteroatoms. The van der Waals surface area contributed by atoms with Gasteiger partial charge in [0.2, 0.25) is 0 Å². The van der Waals surface area contributed by atoms with Crippen molar-refractivity contribution in [3.63, 3.8) is 0 Å². The number of hydrogen-bond acceptors (Lipinski definition) is 2. The average Bonchev–Trinajstić information content (AvgIpc) is 2.82. The summed E-state index contributed by atoms with van der Waals surface area (Å²) in [7, 11) is 0. The van der Waals surface area contributed by atoms with Crippen LogP contribution >= 0.6 is 0 Å². The highest BCUT2D eigenvalue weighted by molar-refractivity contribution is 6.03. The van der Waals surface area contributed by atoms with Crippen LogP contribution in [-0.2, 0) is 4.79 Å². The smallest absolute Gasteiger partial charge is 0.162 e. The van der Waals surface area contributed by atoms with Gasteiger partial charge in [-0.25, -0.2) is 0 Å². The minimum Gasteiger partial charge on any atom is -0.297 e. The maximum atomic E-state index is 12.8. The number of carbonyl (C=O) groups excluding carboxylic acids is 1. The number of ketones is 1. The van der Waals surface area contributed by atoms with Gasteiger partial charge >= 0.3 is 0 Å². The Kier molecular flexibility index (Phi) is 3.06. The van der Waals surface area contributed by atoms with Crippen LogP contribution in [0.2, 0.25) is 0 Å². The van der Waals surface area contributed by atoms with Gasteiger partial charge in [0.05, 0.1) is 11.5 Å². The molecular formula is C17H21NO. The van der Waals surface area contributed by atoms with E-state index in [1.807, 2.05) is 18.2 Å². The third-order valence-electron chi connectivity index (χ3n) is 4.88. The van der Waals surface area contributed by atoms with E-state index in [2.05, 4.69) is 43.0 Å². The number of Topliss-reactive ketones (excluding diaryl/α,β-unsaturated/α-hetero) is 1. The molecular weight excluding hydrogens is 234 g/mol. The number of carbonyl (C=O) groups is 1. The first kappa shape index (κ1) is 12.6. The van der Waals surface area contributed by atoms with Crippen molar-refractivity contribution in [2.45, 2.75) is 31.7 Å². The molecule has 0 N–H and O–H groups in total. The van der Waals surface area contributed by atoms with E-state index in [-0.39, 0.29) is 11.5 Å². The quantitative estimate of drug-likeness (QED) is 0.771. The zero-order chi connectivity index (χ0) is 13.5. The number of nitrogens with zero attached hydrogens (tertiary/aromatic N) is 1. The Morgan fingerprint density at radius 1 is 1.21 bits per heavy atom. The second-order valence-electron chi connectivity index (χ2n) is 5.51. The summed E-state index contributed by atoms with van der Waals surface area (Å²) in [5, 5.41) is 0. The summed E-state index contributed by atoms with van der Waals surface area (Å²) in [6.45, 7) is 6.19. The van der Waals surface area contributed by atoms with Crippen LogP contribution in [0.5, 0.6) is 0 Å². The lowest BCUT2D eigenvalue weighted by Gasteiger charge is -2.55. The summed E-state index contributed by atoms with van der Waals surface area (Å²) in [4.78, 5) is 15.2. The normalized spacial score (nSPS) is 32.5. The van der Waals surface area contributed by atoms with Crippen molar-refractivity contribution in [3.8, 4) is 0 Å². The van der Waals surface area contributed by atoms with E-state index in [0.29, 0.717) is 11.7 Å². The fourth-order valence-electron chi connectivity index (χ4n) is 3.98. The van der Waals surface area contributed by atoms with Crippen LogP contribution in [0.25, 0.3) is 0 Å². The lowest BCUT2D eigenvalue weighted by molar-refractivity contribution is -0.150. The van der Waals surface area contributed by atoms with Crippen LogP contribution in [0.4, 0.5) is 0 Å². The number of likely N-dealkylation sites (N-methyl/N-ethyl adjacent to an activating group) is 1. The van der Waals surface area contributed by atoms with Gasteiger partial charge in [-0.1, -0.05) is 56.3 Å². The summed E-state index contributed by atoms with van der Waals surface area (Å²) in [6.07, 6.45) is 5.35. The average molecular weight is 255 g/mol. The summed E-state index contributed by atoms with van der Waals surface area (Å²) in [6, 6.07) is 10.2. The van der Waals surface area contributed by atoms with Crippen LogP contribution in [0, 0.1) is 5.92 Å². The molecule has 1 aromatic rings. The molecule has 100 valence electrons. The lowest BCUT2D eigenvalue weighted by atomic mass is 9.56. The van der Waals surface area contributed by atoms with Gasteiger partial charge in [-0.3, -0.25) is 9.69 Å². The Labute approximate surface area is 115 Å². The van der Waals surface area contributed by atoms with Crippen molar-refractivity contribution in [3.05, 3.63) is 48.0 Å². The maximum absolute atomic E-state index is 12.8. The predicted molar refractivity (Wildman–Crippen MR) is 77.1 cm³/mol. The third kappa shape index (κ3) is 1.56. The second-order valence-corrected chi connectivity index (χ2v) is 5.51. The molecule has 0 bridgehead atoms. The molecule has 0 amide bonds. The SMILES string of the molecule is CCN(CC)[C@]12CC=C[C@H]1[C@@H](c1ccccc1)C2=O. The van der Waals surface area contributed by atoms with Crippen molar-refractivity contribution >= 4 is 5.78 Å². The summed E-state index contributed by atoms with van der Waals surface area (Å²) >= 11 is 0. The molecule has 2 aliphatic rings. The molecule has 0 aromatic heterocycles.